The van der Waals surface area contributed by atoms with Gasteiger partial charge in [0.25, 0.3) is 0 Å². The Morgan fingerprint density at radius 1 is 0.964 bits per heavy atom. The smallest absolute Gasteiger partial charge is 0.414 e. The zero-order valence-electron chi connectivity index (χ0n) is 15.8. The number of likely N-dealkylation sites (tertiary alicyclic amines) is 1. The standard InChI is InChI=1S/C18H26N2O2.C2H2O4/c21-17-8-4-1-5-15(17)13-20-11-9-14(10-12-20)18(22)19-16-6-2-3-7-16;3-1(4)2(5)6/h1,4-5,8,14,16,21H,2-3,6-7,9-13H2,(H,19,22);(H,3,4)(H,5,6). The van der Waals surface area contributed by atoms with Gasteiger partial charge in [0.05, 0.1) is 0 Å². The quantitative estimate of drug-likeness (QED) is 0.576. The molecule has 8 heteroatoms. The Balaban J connectivity index is 0.000000409. The molecule has 1 aromatic carbocycles. The molecular weight excluding hydrogens is 364 g/mol. The van der Waals surface area contributed by atoms with Crippen LogP contribution >= 0.6 is 0 Å². The predicted molar refractivity (Wildman–Crippen MR) is 102 cm³/mol. The van der Waals surface area contributed by atoms with Gasteiger partial charge in [-0.2, -0.15) is 0 Å². The van der Waals surface area contributed by atoms with Crippen LogP contribution in [0.2, 0.25) is 0 Å². The van der Waals surface area contributed by atoms with Gasteiger partial charge in [0.15, 0.2) is 0 Å². The average Bonchev–Trinajstić information content (AvgIpc) is 3.17. The third-order valence-corrected chi connectivity index (χ3v) is 5.23. The molecule has 1 saturated heterocycles. The number of nitrogens with zero attached hydrogens (tertiary/aromatic N) is 1. The Kier molecular flexibility index (Phi) is 8.25. The predicted octanol–water partition coefficient (Wildman–Crippen LogP) is 1.82. The van der Waals surface area contributed by atoms with Gasteiger partial charge in [-0.05, 0) is 44.8 Å². The number of benzene rings is 1. The van der Waals surface area contributed by atoms with E-state index in [0.29, 0.717) is 11.8 Å². The third-order valence-electron chi connectivity index (χ3n) is 5.23. The van der Waals surface area contributed by atoms with Crippen LogP contribution < -0.4 is 5.32 Å². The first-order valence-electron chi connectivity index (χ1n) is 9.62. The number of aliphatic carboxylic acids is 2. The number of carboxylic acids is 2. The van der Waals surface area contributed by atoms with E-state index in [0.717, 1.165) is 50.9 Å². The Hall–Kier alpha value is -2.61. The number of nitrogens with one attached hydrogen (secondary N) is 1. The van der Waals surface area contributed by atoms with Crippen LogP contribution in [0.25, 0.3) is 0 Å². The number of phenols is 1. The van der Waals surface area contributed by atoms with Crippen LogP contribution in [0.1, 0.15) is 44.1 Å². The van der Waals surface area contributed by atoms with Gasteiger partial charge in [-0.15, -0.1) is 0 Å². The molecule has 0 atom stereocenters. The molecule has 1 saturated carbocycles. The lowest BCUT2D eigenvalue weighted by Gasteiger charge is -2.32. The minimum Gasteiger partial charge on any atom is -0.508 e. The summed E-state index contributed by atoms with van der Waals surface area (Å²) in [5.74, 6) is -2.86. The summed E-state index contributed by atoms with van der Waals surface area (Å²) >= 11 is 0. The summed E-state index contributed by atoms with van der Waals surface area (Å²) in [5, 5.41) is 27.9. The summed E-state index contributed by atoms with van der Waals surface area (Å²) in [6.07, 6.45) is 6.65. The molecule has 0 unspecified atom stereocenters. The highest BCUT2D eigenvalue weighted by atomic mass is 16.4. The van der Waals surface area contributed by atoms with Crippen molar-refractivity contribution in [3.8, 4) is 5.75 Å². The fraction of sp³-hybridized carbons (Fsp3) is 0.550. The van der Waals surface area contributed by atoms with Crippen LogP contribution in [0.15, 0.2) is 24.3 Å². The van der Waals surface area contributed by atoms with Gasteiger partial charge in [-0.3, -0.25) is 9.69 Å². The lowest BCUT2D eigenvalue weighted by molar-refractivity contribution is -0.159. The van der Waals surface area contributed by atoms with Crippen molar-refractivity contribution in [2.24, 2.45) is 5.92 Å². The molecule has 154 valence electrons. The molecule has 1 heterocycles. The molecule has 8 nitrogen and oxygen atoms in total. The molecule has 3 rings (SSSR count). The maximum absolute atomic E-state index is 12.3. The Morgan fingerprint density at radius 3 is 2.07 bits per heavy atom. The van der Waals surface area contributed by atoms with Crippen LogP contribution in [0.5, 0.6) is 5.75 Å². The summed E-state index contributed by atoms with van der Waals surface area (Å²) in [4.78, 5) is 32.8. The van der Waals surface area contributed by atoms with E-state index in [4.69, 9.17) is 19.8 Å². The second-order valence-electron chi connectivity index (χ2n) is 7.28. The van der Waals surface area contributed by atoms with Gasteiger partial charge in [-0.25, -0.2) is 9.59 Å². The van der Waals surface area contributed by atoms with E-state index in [-0.39, 0.29) is 11.8 Å². The zero-order chi connectivity index (χ0) is 20.5. The van der Waals surface area contributed by atoms with Gasteiger partial charge in [0.1, 0.15) is 5.75 Å². The fourth-order valence-electron chi connectivity index (χ4n) is 3.63. The van der Waals surface area contributed by atoms with Crippen LogP contribution in [-0.2, 0) is 20.9 Å². The topological polar surface area (TPSA) is 127 Å². The molecule has 2 aliphatic rings. The maximum atomic E-state index is 12.3. The minimum absolute atomic E-state index is 0.168. The molecular formula is C20H28N2O6. The first kappa shape index (κ1) is 21.7. The number of carbonyl (C=O) groups excluding carboxylic acids is 1. The number of para-hydroxylation sites is 1. The van der Waals surface area contributed by atoms with Crippen molar-refractivity contribution in [2.75, 3.05) is 13.1 Å². The highest BCUT2D eigenvalue weighted by molar-refractivity contribution is 6.27. The van der Waals surface area contributed by atoms with Crippen molar-refractivity contribution in [1.29, 1.82) is 0 Å². The number of phenolic OH excluding ortho intramolecular Hbond substituents is 1. The summed E-state index contributed by atoms with van der Waals surface area (Å²) < 4.78 is 0. The van der Waals surface area contributed by atoms with E-state index in [2.05, 4.69) is 10.2 Å². The second-order valence-corrected chi connectivity index (χ2v) is 7.28. The zero-order valence-corrected chi connectivity index (χ0v) is 15.8. The normalized spacial score (nSPS) is 18.1. The summed E-state index contributed by atoms with van der Waals surface area (Å²) in [6.45, 7) is 2.62. The maximum Gasteiger partial charge on any atom is 0.414 e. The highest BCUT2D eigenvalue weighted by Crippen LogP contribution is 2.24. The summed E-state index contributed by atoms with van der Waals surface area (Å²) in [5.41, 5.74) is 0.969. The number of carboxylic acid groups (broad SMARTS) is 2. The van der Waals surface area contributed by atoms with Crippen molar-refractivity contribution in [3.05, 3.63) is 29.8 Å². The summed E-state index contributed by atoms with van der Waals surface area (Å²) in [7, 11) is 0. The first-order valence-corrected chi connectivity index (χ1v) is 9.62. The molecule has 0 spiro atoms. The Bertz CT molecular complexity index is 667. The van der Waals surface area contributed by atoms with Crippen molar-refractivity contribution < 1.29 is 29.7 Å². The lowest BCUT2D eigenvalue weighted by Crippen LogP contribution is -2.42. The molecule has 2 fully saturated rings. The molecule has 0 radical (unpaired) electrons. The number of hydrogen-bond acceptors (Lipinski definition) is 5. The number of amides is 1. The van der Waals surface area contributed by atoms with Crippen molar-refractivity contribution in [3.63, 3.8) is 0 Å². The lowest BCUT2D eigenvalue weighted by atomic mass is 9.95. The van der Waals surface area contributed by atoms with E-state index in [1.165, 1.54) is 12.8 Å². The molecule has 1 aliphatic carbocycles. The SMILES string of the molecule is O=C(NC1CCCC1)C1CCN(Cc2ccccc2O)CC1.O=C(O)C(=O)O. The Labute approximate surface area is 164 Å². The largest absolute Gasteiger partial charge is 0.508 e. The van der Waals surface area contributed by atoms with Crippen LogP contribution in [0, 0.1) is 5.92 Å². The first-order chi connectivity index (χ1) is 13.4. The minimum atomic E-state index is -1.82. The molecule has 4 N–H and O–H groups in total. The van der Waals surface area contributed by atoms with Gasteiger partial charge >= 0.3 is 11.9 Å². The van der Waals surface area contributed by atoms with Gasteiger partial charge < -0.3 is 20.6 Å². The number of hydrogen-bond donors (Lipinski definition) is 4. The van der Waals surface area contributed by atoms with Gasteiger partial charge in [0.2, 0.25) is 5.91 Å². The van der Waals surface area contributed by atoms with Crippen molar-refractivity contribution in [1.82, 2.24) is 10.2 Å². The van der Waals surface area contributed by atoms with Crippen LogP contribution in [0.4, 0.5) is 0 Å². The molecule has 28 heavy (non-hydrogen) atoms. The summed E-state index contributed by atoms with van der Waals surface area (Å²) in [6, 6.07) is 7.92. The van der Waals surface area contributed by atoms with E-state index in [1.54, 1.807) is 6.07 Å². The van der Waals surface area contributed by atoms with Crippen LogP contribution in [0.3, 0.4) is 0 Å². The highest BCUT2D eigenvalue weighted by Gasteiger charge is 2.27. The van der Waals surface area contributed by atoms with E-state index in [1.807, 2.05) is 18.2 Å². The average molecular weight is 392 g/mol. The number of carbonyl (C=O) groups is 3. The van der Waals surface area contributed by atoms with Crippen LogP contribution in [-0.4, -0.2) is 57.2 Å². The van der Waals surface area contributed by atoms with Crippen molar-refractivity contribution in [2.45, 2.75) is 51.1 Å². The van der Waals surface area contributed by atoms with E-state index >= 15 is 0 Å². The van der Waals surface area contributed by atoms with Gasteiger partial charge in [0, 0.05) is 24.1 Å². The van der Waals surface area contributed by atoms with E-state index < -0.39 is 11.9 Å². The van der Waals surface area contributed by atoms with Crippen molar-refractivity contribution >= 4 is 17.8 Å². The molecule has 1 amide bonds. The number of piperidine rings is 1. The third kappa shape index (κ3) is 6.84. The van der Waals surface area contributed by atoms with E-state index in [9.17, 15) is 9.90 Å². The van der Waals surface area contributed by atoms with Gasteiger partial charge in [-0.1, -0.05) is 31.0 Å². The number of aromatic hydroxyl groups is 1. The fourth-order valence-corrected chi connectivity index (χ4v) is 3.63. The molecule has 1 aliphatic heterocycles. The number of rotatable bonds is 4. The molecule has 0 bridgehead atoms. The molecule has 0 aromatic heterocycles. The Morgan fingerprint density at radius 2 is 1.54 bits per heavy atom. The molecule has 1 aromatic rings. The second kappa shape index (κ2) is 10.7. The monoisotopic (exact) mass is 392 g/mol.